The summed E-state index contributed by atoms with van der Waals surface area (Å²) in [6.07, 6.45) is 0. The average Bonchev–Trinajstić information content (AvgIpc) is 3.45. The molecular formula is C37H23Cl. The lowest BCUT2D eigenvalue weighted by molar-refractivity contribution is 0.794. The van der Waals surface area contributed by atoms with Crippen molar-refractivity contribution in [2.45, 2.75) is 5.41 Å². The Balaban J connectivity index is 1.48. The summed E-state index contributed by atoms with van der Waals surface area (Å²) in [6.45, 7) is 0. The van der Waals surface area contributed by atoms with Gasteiger partial charge in [0.1, 0.15) is 0 Å². The summed E-state index contributed by atoms with van der Waals surface area (Å²) in [4.78, 5) is 0. The van der Waals surface area contributed by atoms with Gasteiger partial charge in [0.25, 0.3) is 0 Å². The number of benzene rings is 6. The van der Waals surface area contributed by atoms with Crippen LogP contribution in [0.25, 0.3) is 44.5 Å². The van der Waals surface area contributed by atoms with Crippen LogP contribution in [0.3, 0.4) is 0 Å². The van der Waals surface area contributed by atoms with Crippen LogP contribution in [0, 0.1) is 0 Å². The van der Waals surface area contributed by atoms with Crippen LogP contribution in [-0.2, 0) is 5.41 Å². The van der Waals surface area contributed by atoms with Crippen LogP contribution in [0.4, 0.5) is 0 Å². The molecule has 6 aromatic carbocycles. The molecule has 0 bridgehead atoms. The molecule has 6 aromatic rings. The van der Waals surface area contributed by atoms with Crippen LogP contribution in [0.2, 0.25) is 5.02 Å². The van der Waals surface area contributed by atoms with Crippen LogP contribution in [0.5, 0.6) is 0 Å². The first-order valence-corrected chi connectivity index (χ1v) is 13.4. The molecule has 0 amide bonds. The van der Waals surface area contributed by atoms with E-state index in [1.54, 1.807) is 0 Å². The van der Waals surface area contributed by atoms with Crippen molar-refractivity contribution in [3.8, 4) is 44.5 Å². The van der Waals surface area contributed by atoms with E-state index < -0.39 is 0 Å². The Bertz CT molecular complexity index is 1830. The van der Waals surface area contributed by atoms with Gasteiger partial charge < -0.3 is 0 Å². The first-order chi connectivity index (χ1) is 18.8. The summed E-state index contributed by atoms with van der Waals surface area (Å²) >= 11 is 6.24. The summed E-state index contributed by atoms with van der Waals surface area (Å²) in [5.74, 6) is 0. The van der Waals surface area contributed by atoms with Crippen molar-refractivity contribution in [1.29, 1.82) is 0 Å². The third kappa shape index (κ3) is 2.76. The van der Waals surface area contributed by atoms with E-state index in [2.05, 4.69) is 127 Å². The molecule has 1 heteroatoms. The lowest BCUT2D eigenvalue weighted by atomic mass is 9.70. The Hall–Kier alpha value is -4.39. The molecule has 0 fully saturated rings. The van der Waals surface area contributed by atoms with Crippen LogP contribution in [0.1, 0.15) is 22.3 Å². The third-order valence-electron chi connectivity index (χ3n) is 8.39. The van der Waals surface area contributed by atoms with Gasteiger partial charge in [0.05, 0.1) is 5.41 Å². The van der Waals surface area contributed by atoms with Crippen molar-refractivity contribution in [3.05, 3.63) is 167 Å². The van der Waals surface area contributed by atoms with Crippen molar-refractivity contribution in [2.75, 3.05) is 0 Å². The second kappa shape index (κ2) is 8.05. The number of halogens is 1. The zero-order valence-electron chi connectivity index (χ0n) is 20.7. The number of hydrogen-bond donors (Lipinski definition) is 0. The molecule has 1 spiro atoms. The number of hydrogen-bond acceptors (Lipinski definition) is 0. The molecule has 38 heavy (non-hydrogen) atoms. The van der Waals surface area contributed by atoms with Crippen molar-refractivity contribution in [2.24, 2.45) is 0 Å². The Morgan fingerprint density at radius 1 is 0.342 bits per heavy atom. The molecule has 0 aliphatic heterocycles. The van der Waals surface area contributed by atoms with Crippen molar-refractivity contribution in [1.82, 2.24) is 0 Å². The molecule has 0 radical (unpaired) electrons. The summed E-state index contributed by atoms with van der Waals surface area (Å²) in [6, 6.07) is 50.7. The molecule has 0 N–H and O–H groups in total. The molecule has 178 valence electrons. The van der Waals surface area contributed by atoms with Gasteiger partial charge in [-0.25, -0.2) is 0 Å². The number of fused-ring (bicyclic) bond motifs is 10. The highest BCUT2D eigenvalue weighted by Crippen LogP contribution is 2.64. The minimum atomic E-state index is -0.329. The zero-order valence-corrected chi connectivity index (χ0v) is 21.4. The quantitative estimate of drug-likeness (QED) is 0.220. The van der Waals surface area contributed by atoms with Gasteiger partial charge in [0.15, 0.2) is 0 Å². The van der Waals surface area contributed by atoms with Crippen molar-refractivity contribution < 1.29 is 0 Å². The van der Waals surface area contributed by atoms with E-state index in [1.165, 1.54) is 66.8 Å². The maximum Gasteiger partial charge on any atom is 0.0725 e. The van der Waals surface area contributed by atoms with E-state index >= 15 is 0 Å². The van der Waals surface area contributed by atoms with Gasteiger partial charge in [-0.1, -0.05) is 139 Å². The standard InChI is InChI=1S/C37H23Cl/c38-25-22-20-24(21-23-25)26-10-1-2-11-27(26)30-15-9-19-35-36(30)31-14-5-8-18-34(31)37(35)32-16-6-3-12-28(32)29-13-4-7-17-33(29)37/h1-23H. The monoisotopic (exact) mass is 502 g/mol. The second-order valence-corrected chi connectivity index (χ2v) is 10.6. The molecule has 2 aliphatic rings. The topological polar surface area (TPSA) is 0 Å². The highest BCUT2D eigenvalue weighted by molar-refractivity contribution is 6.30. The number of rotatable bonds is 2. The van der Waals surface area contributed by atoms with Gasteiger partial charge in [-0.3, -0.25) is 0 Å². The third-order valence-corrected chi connectivity index (χ3v) is 8.65. The lowest BCUT2D eigenvalue weighted by Gasteiger charge is -2.30. The molecule has 0 nitrogen and oxygen atoms in total. The largest absolute Gasteiger partial charge is 0.0843 e. The fraction of sp³-hybridized carbons (Fsp3) is 0.0270. The van der Waals surface area contributed by atoms with Crippen molar-refractivity contribution >= 4 is 11.6 Å². The molecular weight excluding hydrogens is 480 g/mol. The van der Waals surface area contributed by atoms with Gasteiger partial charge in [0, 0.05) is 5.02 Å². The maximum atomic E-state index is 6.24. The zero-order chi connectivity index (χ0) is 25.3. The molecule has 0 atom stereocenters. The van der Waals surface area contributed by atoms with Gasteiger partial charge >= 0.3 is 0 Å². The molecule has 8 rings (SSSR count). The first kappa shape index (κ1) is 21.7. The Labute approximate surface area is 227 Å². The van der Waals surface area contributed by atoms with E-state index in [1.807, 2.05) is 12.1 Å². The van der Waals surface area contributed by atoms with Gasteiger partial charge in [0.2, 0.25) is 0 Å². The van der Waals surface area contributed by atoms with Crippen LogP contribution in [-0.4, -0.2) is 0 Å². The molecule has 0 saturated carbocycles. The second-order valence-electron chi connectivity index (χ2n) is 10.2. The van der Waals surface area contributed by atoms with E-state index in [-0.39, 0.29) is 5.41 Å². The summed E-state index contributed by atoms with van der Waals surface area (Å²) in [7, 11) is 0. The Kier molecular flexibility index (Phi) is 4.59. The van der Waals surface area contributed by atoms with E-state index in [9.17, 15) is 0 Å². The summed E-state index contributed by atoms with van der Waals surface area (Å²) in [5, 5.41) is 0.751. The smallest absolute Gasteiger partial charge is 0.0725 e. The molecule has 0 unspecified atom stereocenters. The fourth-order valence-corrected chi connectivity index (χ4v) is 7.09. The minimum Gasteiger partial charge on any atom is -0.0843 e. The van der Waals surface area contributed by atoms with Gasteiger partial charge in [-0.15, -0.1) is 0 Å². The molecule has 0 aromatic heterocycles. The van der Waals surface area contributed by atoms with Gasteiger partial charge in [-0.2, -0.15) is 0 Å². The fourth-order valence-electron chi connectivity index (χ4n) is 6.97. The summed E-state index contributed by atoms with van der Waals surface area (Å²) in [5.41, 5.74) is 15.3. The maximum absolute atomic E-state index is 6.24. The molecule has 0 heterocycles. The molecule has 0 saturated heterocycles. The Morgan fingerprint density at radius 3 is 1.42 bits per heavy atom. The normalized spacial score (nSPS) is 13.6. The SMILES string of the molecule is Clc1ccc(-c2ccccc2-c2cccc3c2-c2ccccc2C32c3ccccc3-c3ccccc32)cc1. The van der Waals surface area contributed by atoms with Gasteiger partial charge in [-0.05, 0) is 78.9 Å². The minimum absolute atomic E-state index is 0.329. The predicted octanol–water partition coefficient (Wildman–Crippen LogP) is 10.0. The lowest BCUT2D eigenvalue weighted by Crippen LogP contribution is -2.25. The van der Waals surface area contributed by atoms with E-state index in [4.69, 9.17) is 11.6 Å². The van der Waals surface area contributed by atoms with Crippen LogP contribution < -0.4 is 0 Å². The Morgan fingerprint density at radius 2 is 0.789 bits per heavy atom. The molecule has 2 aliphatic carbocycles. The van der Waals surface area contributed by atoms with E-state index in [0.717, 1.165) is 5.02 Å². The van der Waals surface area contributed by atoms with Crippen LogP contribution in [0.15, 0.2) is 140 Å². The average molecular weight is 503 g/mol. The highest BCUT2D eigenvalue weighted by Gasteiger charge is 2.51. The summed E-state index contributed by atoms with van der Waals surface area (Å²) < 4.78 is 0. The highest BCUT2D eigenvalue weighted by atomic mass is 35.5. The van der Waals surface area contributed by atoms with Crippen LogP contribution >= 0.6 is 11.6 Å². The van der Waals surface area contributed by atoms with E-state index in [0.29, 0.717) is 0 Å². The predicted molar refractivity (Wildman–Crippen MR) is 159 cm³/mol. The van der Waals surface area contributed by atoms with Crippen molar-refractivity contribution in [3.63, 3.8) is 0 Å². The first-order valence-electron chi connectivity index (χ1n) is 13.1.